The summed E-state index contributed by atoms with van der Waals surface area (Å²) < 4.78 is 5.18. The third-order valence-electron chi connectivity index (χ3n) is 4.15. The smallest absolute Gasteiger partial charge is 0.229 e. The van der Waals surface area contributed by atoms with Crippen LogP contribution in [0.25, 0.3) is 0 Å². The Morgan fingerprint density at radius 1 is 1.04 bits per heavy atom. The molecule has 0 atom stereocenters. The molecule has 0 fully saturated rings. The second kappa shape index (κ2) is 8.89. The topological polar surface area (TPSA) is 62.3 Å². The lowest BCUT2D eigenvalue weighted by Crippen LogP contribution is -2.09. The van der Waals surface area contributed by atoms with Crippen molar-refractivity contribution < 1.29 is 4.74 Å². The van der Waals surface area contributed by atoms with Crippen LogP contribution in [0.1, 0.15) is 5.56 Å². The predicted octanol–water partition coefficient (Wildman–Crippen LogP) is 3.95. The fourth-order valence-corrected chi connectivity index (χ4v) is 2.64. The first-order valence-corrected chi connectivity index (χ1v) is 8.88. The maximum Gasteiger partial charge on any atom is 0.229 e. The molecule has 0 saturated heterocycles. The van der Waals surface area contributed by atoms with E-state index in [4.69, 9.17) is 4.74 Å². The van der Waals surface area contributed by atoms with E-state index >= 15 is 0 Å². The van der Waals surface area contributed by atoms with Crippen LogP contribution in [0.5, 0.6) is 5.75 Å². The lowest BCUT2D eigenvalue weighted by atomic mass is 10.1. The molecule has 0 aliphatic carbocycles. The van der Waals surface area contributed by atoms with Crippen LogP contribution in [-0.4, -0.2) is 37.7 Å². The van der Waals surface area contributed by atoms with Gasteiger partial charge >= 0.3 is 0 Å². The molecule has 0 aliphatic heterocycles. The summed E-state index contributed by atoms with van der Waals surface area (Å²) >= 11 is 0. The van der Waals surface area contributed by atoms with Crippen molar-refractivity contribution in [2.75, 3.05) is 43.3 Å². The Kier molecular flexibility index (Phi) is 6.10. The molecule has 6 heteroatoms. The Morgan fingerprint density at radius 2 is 1.85 bits per heavy atom. The Morgan fingerprint density at radius 3 is 2.59 bits per heavy atom. The molecule has 0 radical (unpaired) electrons. The van der Waals surface area contributed by atoms with E-state index < -0.39 is 0 Å². The van der Waals surface area contributed by atoms with Crippen molar-refractivity contribution in [2.24, 2.45) is 0 Å². The third kappa shape index (κ3) is 5.34. The summed E-state index contributed by atoms with van der Waals surface area (Å²) in [4.78, 5) is 10.9. The normalized spacial score (nSPS) is 10.3. The molecule has 1 heterocycles. The highest BCUT2D eigenvalue weighted by atomic mass is 16.5. The number of rotatable bonds is 8. The van der Waals surface area contributed by atoms with E-state index in [2.05, 4.69) is 49.8 Å². The highest BCUT2D eigenvalue weighted by Crippen LogP contribution is 2.20. The number of anilines is 4. The highest BCUT2D eigenvalue weighted by Gasteiger charge is 2.02. The number of aromatic nitrogens is 2. The summed E-state index contributed by atoms with van der Waals surface area (Å²) in [6, 6.07) is 18.1. The zero-order valence-electron chi connectivity index (χ0n) is 15.9. The van der Waals surface area contributed by atoms with E-state index in [-0.39, 0.29) is 0 Å². The number of benzene rings is 2. The summed E-state index contributed by atoms with van der Waals surface area (Å²) in [5.74, 6) is 2.24. The average Bonchev–Trinajstić information content (AvgIpc) is 2.69. The molecule has 0 saturated carbocycles. The molecular formula is C21H25N5O. The van der Waals surface area contributed by atoms with Gasteiger partial charge in [0.05, 0.1) is 7.11 Å². The summed E-state index contributed by atoms with van der Waals surface area (Å²) in [6.45, 7) is 0.791. The van der Waals surface area contributed by atoms with Gasteiger partial charge in [-0.25, -0.2) is 4.98 Å². The molecule has 0 bridgehead atoms. The number of ether oxygens (including phenoxy) is 1. The van der Waals surface area contributed by atoms with Crippen molar-refractivity contribution in [3.05, 3.63) is 66.4 Å². The maximum absolute atomic E-state index is 5.18. The van der Waals surface area contributed by atoms with Gasteiger partial charge in [0.15, 0.2) is 0 Å². The molecule has 0 amide bonds. The lowest BCUT2D eigenvalue weighted by molar-refractivity contribution is 0.414. The van der Waals surface area contributed by atoms with Crippen LogP contribution in [0.15, 0.2) is 60.8 Å². The van der Waals surface area contributed by atoms with Gasteiger partial charge in [0.2, 0.25) is 5.95 Å². The molecule has 2 N–H and O–H groups in total. The summed E-state index contributed by atoms with van der Waals surface area (Å²) in [5, 5.41) is 6.60. The number of hydrogen-bond acceptors (Lipinski definition) is 6. The minimum absolute atomic E-state index is 0.570. The highest BCUT2D eigenvalue weighted by molar-refractivity contribution is 5.62. The van der Waals surface area contributed by atoms with Crippen LogP contribution in [0, 0.1) is 0 Å². The van der Waals surface area contributed by atoms with Gasteiger partial charge in [-0.05, 0) is 48.4 Å². The van der Waals surface area contributed by atoms with Crippen LogP contribution in [0.4, 0.5) is 23.1 Å². The fourth-order valence-electron chi connectivity index (χ4n) is 2.64. The molecule has 0 aliphatic rings. The molecule has 0 unspecified atom stereocenters. The Hall–Kier alpha value is -3.28. The van der Waals surface area contributed by atoms with E-state index in [0.29, 0.717) is 5.95 Å². The van der Waals surface area contributed by atoms with Crippen LogP contribution >= 0.6 is 0 Å². The summed E-state index contributed by atoms with van der Waals surface area (Å²) in [6.07, 6.45) is 2.66. The van der Waals surface area contributed by atoms with Gasteiger partial charge in [0.25, 0.3) is 0 Å². The number of nitrogens with one attached hydrogen (secondary N) is 2. The summed E-state index contributed by atoms with van der Waals surface area (Å²) in [7, 11) is 5.71. The molecule has 1 aromatic heterocycles. The van der Waals surface area contributed by atoms with Crippen LogP contribution < -0.4 is 20.3 Å². The third-order valence-corrected chi connectivity index (χ3v) is 4.15. The van der Waals surface area contributed by atoms with Crippen molar-refractivity contribution in [1.29, 1.82) is 0 Å². The van der Waals surface area contributed by atoms with E-state index in [1.165, 1.54) is 5.56 Å². The largest absolute Gasteiger partial charge is 0.497 e. The van der Waals surface area contributed by atoms with Gasteiger partial charge in [0, 0.05) is 38.2 Å². The van der Waals surface area contributed by atoms with E-state index in [0.717, 1.165) is 35.9 Å². The summed E-state index contributed by atoms with van der Waals surface area (Å²) in [5.41, 5.74) is 3.32. The minimum atomic E-state index is 0.570. The molecule has 2 aromatic carbocycles. The van der Waals surface area contributed by atoms with E-state index in [9.17, 15) is 0 Å². The van der Waals surface area contributed by atoms with Gasteiger partial charge in [-0.3, -0.25) is 0 Å². The van der Waals surface area contributed by atoms with Crippen molar-refractivity contribution >= 4 is 23.1 Å². The SMILES string of the molecule is COc1ccc(CCNc2ccnc(Nc3cccc(N(C)C)c3)n2)cc1. The quantitative estimate of drug-likeness (QED) is 0.632. The monoisotopic (exact) mass is 363 g/mol. The Bertz CT molecular complexity index is 864. The zero-order chi connectivity index (χ0) is 19.1. The predicted molar refractivity (Wildman–Crippen MR) is 111 cm³/mol. The average molecular weight is 363 g/mol. The lowest BCUT2D eigenvalue weighted by Gasteiger charge is -2.14. The van der Waals surface area contributed by atoms with Crippen molar-refractivity contribution in [1.82, 2.24) is 9.97 Å². The minimum Gasteiger partial charge on any atom is -0.497 e. The van der Waals surface area contributed by atoms with E-state index in [1.54, 1.807) is 13.3 Å². The van der Waals surface area contributed by atoms with Crippen molar-refractivity contribution in [2.45, 2.75) is 6.42 Å². The maximum atomic E-state index is 5.18. The zero-order valence-corrected chi connectivity index (χ0v) is 15.9. The molecule has 27 heavy (non-hydrogen) atoms. The first kappa shape index (κ1) is 18.5. The molecular weight excluding hydrogens is 338 g/mol. The number of nitrogens with zero attached hydrogens (tertiary/aromatic N) is 3. The van der Waals surface area contributed by atoms with Gasteiger partial charge in [0.1, 0.15) is 11.6 Å². The number of methoxy groups -OCH3 is 1. The standard InChI is InChI=1S/C21H25N5O/c1-26(2)18-6-4-5-17(15-18)24-21-23-14-12-20(25-21)22-13-11-16-7-9-19(27-3)10-8-16/h4-10,12,14-15H,11,13H2,1-3H3,(H2,22,23,24,25). The second-order valence-corrected chi connectivity index (χ2v) is 6.36. The van der Waals surface area contributed by atoms with Crippen LogP contribution in [0.2, 0.25) is 0 Å². The first-order chi connectivity index (χ1) is 13.1. The molecule has 6 nitrogen and oxygen atoms in total. The first-order valence-electron chi connectivity index (χ1n) is 8.88. The molecule has 0 spiro atoms. The van der Waals surface area contributed by atoms with Gasteiger partial charge in [-0.1, -0.05) is 18.2 Å². The Labute approximate surface area is 160 Å². The van der Waals surface area contributed by atoms with Crippen LogP contribution in [-0.2, 0) is 6.42 Å². The van der Waals surface area contributed by atoms with E-state index in [1.807, 2.05) is 44.4 Å². The van der Waals surface area contributed by atoms with Gasteiger partial charge < -0.3 is 20.3 Å². The number of hydrogen-bond donors (Lipinski definition) is 2. The molecule has 140 valence electrons. The second-order valence-electron chi connectivity index (χ2n) is 6.36. The van der Waals surface area contributed by atoms with Crippen molar-refractivity contribution in [3.63, 3.8) is 0 Å². The molecule has 3 aromatic rings. The van der Waals surface area contributed by atoms with Crippen molar-refractivity contribution in [3.8, 4) is 5.75 Å². The fraction of sp³-hybridized carbons (Fsp3) is 0.238. The Balaban J connectivity index is 1.57. The molecule has 3 rings (SSSR count). The van der Waals surface area contributed by atoms with Gasteiger partial charge in [-0.15, -0.1) is 0 Å². The van der Waals surface area contributed by atoms with Gasteiger partial charge in [-0.2, -0.15) is 4.98 Å². The van der Waals surface area contributed by atoms with Crippen LogP contribution in [0.3, 0.4) is 0 Å².